The van der Waals surface area contributed by atoms with Crippen molar-refractivity contribution in [3.63, 3.8) is 0 Å². The van der Waals surface area contributed by atoms with Gasteiger partial charge in [0.25, 0.3) is 0 Å². The molecule has 0 unspecified atom stereocenters. The molecule has 2 N–H and O–H groups in total. The Morgan fingerprint density at radius 3 is 1.81 bits per heavy atom. The second-order valence-corrected chi connectivity index (χ2v) is 5.14. The zero-order valence-corrected chi connectivity index (χ0v) is 10.1. The summed E-state index contributed by atoms with van der Waals surface area (Å²) >= 11 is 0. The molecule has 1 aliphatic rings. The molecular weight excluding hydrogens is 194 g/mol. The highest BCUT2D eigenvalue weighted by molar-refractivity contribution is 5.23. The van der Waals surface area contributed by atoms with E-state index in [0.717, 1.165) is 12.8 Å². The Bertz CT molecular complexity index is 294. The van der Waals surface area contributed by atoms with E-state index in [1.165, 1.54) is 44.1 Å². The summed E-state index contributed by atoms with van der Waals surface area (Å²) in [5, 5.41) is 0. The molecule has 1 aromatic carbocycles. The average molecular weight is 217 g/mol. The zero-order valence-electron chi connectivity index (χ0n) is 10.1. The summed E-state index contributed by atoms with van der Waals surface area (Å²) in [7, 11) is 0. The van der Waals surface area contributed by atoms with Crippen LogP contribution in [-0.4, -0.2) is 0 Å². The standard InChI is InChI=1S/C15H23N/c16-15(14-10-6-5-7-11-14)12-8-3-1-2-4-9-13-15/h5-7,10-11H,1-4,8-9,12-13,16H2. The average Bonchev–Trinajstić information content (AvgIpc) is 2.43. The Kier molecular flexibility index (Phi) is 4.00. The van der Waals surface area contributed by atoms with Gasteiger partial charge in [0, 0.05) is 5.54 Å². The van der Waals surface area contributed by atoms with Gasteiger partial charge in [0.1, 0.15) is 0 Å². The lowest BCUT2D eigenvalue weighted by Gasteiger charge is -2.30. The van der Waals surface area contributed by atoms with Gasteiger partial charge in [-0.1, -0.05) is 68.9 Å². The lowest BCUT2D eigenvalue weighted by Crippen LogP contribution is -2.36. The molecule has 0 aromatic heterocycles. The Labute approximate surface area is 99.0 Å². The largest absolute Gasteiger partial charge is 0.321 e. The number of hydrogen-bond acceptors (Lipinski definition) is 1. The van der Waals surface area contributed by atoms with Gasteiger partial charge < -0.3 is 5.73 Å². The van der Waals surface area contributed by atoms with Crippen LogP contribution in [0.15, 0.2) is 30.3 Å². The van der Waals surface area contributed by atoms with E-state index < -0.39 is 0 Å². The summed E-state index contributed by atoms with van der Waals surface area (Å²) in [4.78, 5) is 0. The number of nitrogens with two attached hydrogens (primary N) is 1. The Hall–Kier alpha value is -0.820. The fourth-order valence-electron chi connectivity index (χ4n) is 2.77. The van der Waals surface area contributed by atoms with E-state index in [4.69, 9.17) is 5.73 Å². The molecule has 0 amide bonds. The van der Waals surface area contributed by atoms with Gasteiger partial charge in [0.2, 0.25) is 0 Å². The lowest BCUT2D eigenvalue weighted by molar-refractivity contribution is 0.360. The predicted molar refractivity (Wildman–Crippen MR) is 69.2 cm³/mol. The minimum Gasteiger partial charge on any atom is -0.321 e. The molecule has 1 heteroatoms. The fraction of sp³-hybridized carbons (Fsp3) is 0.600. The number of rotatable bonds is 1. The highest BCUT2D eigenvalue weighted by Gasteiger charge is 2.26. The summed E-state index contributed by atoms with van der Waals surface area (Å²) in [6.45, 7) is 0. The van der Waals surface area contributed by atoms with Gasteiger partial charge in [-0.2, -0.15) is 0 Å². The van der Waals surface area contributed by atoms with Crippen molar-refractivity contribution < 1.29 is 0 Å². The normalized spacial score (nSPS) is 21.8. The Morgan fingerprint density at radius 2 is 1.25 bits per heavy atom. The molecule has 1 aliphatic carbocycles. The third kappa shape index (κ3) is 2.85. The lowest BCUT2D eigenvalue weighted by atomic mass is 9.82. The van der Waals surface area contributed by atoms with Crippen LogP contribution in [0.2, 0.25) is 0 Å². The summed E-state index contributed by atoms with van der Waals surface area (Å²) in [6.07, 6.45) is 10.4. The molecule has 88 valence electrons. The second-order valence-electron chi connectivity index (χ2n) is 5.14. The first-order valence-electron chi connectivity index (χ1n) is 6.66. The van der Waals surface area contributed by atoms with Crippen LogP contribution < -0.4 is 5.73 Å². The van der Waals surface area contributed by atoms with Crippen LogP contribution in [0.3, 0.4) is 0 Å². The van der Waals surface area contributed by atoms with Crippen molar-refractivity contribution in [2.45, 2.75) is 56.9 Å². The second kappa shape index (κ2) is 5.49. The van der Waals surface area contributed by atoms with Crippen LogP contribution in [-0.2, 0) is 5.54 Å². The molecule has 0 atom stereocenters. The maximum Gasteiger partial charge on any atom is 0.0409 e. The minimum atomic E-state index is -0.0639. The maximum absolute atomic E-state index is 6.62. The van der Waals surface area contributed by atoms with E-state index in [1.54, 1.807) is 0 Å². The predicted octanol–water partition coefficient (Wildman–Crippen LogP) is 3.98. The smallest absolute Gasteiger partial charge is 0.0409 e. The van der Waals surface area contributed by atoms with Gasteiger partial charge in [-0.05, 0) is 18.4 Å². The molecule has 0 radical (unpaired) electrons. The molecule has 1 nitrogen and oxygen atoms in total. The van der Waals surface area contributed by atoms with Crippen LogP contribution in [0, 0.1) is 0 Å². The summed E-state index contributed by atoms with van der Waals surface area (Å²) in [6, 6.07) is 10.7. The van der Waals surface area contributed by atoms with E-state index in [0.29, 0.717) is 0 Å². The molecule has 1 saturated carbocycles. The topological polar surface area (TPSA) is 26.0 Å². The molecule has 0 heterocycles. The van der Waals surface area contributed by atoms with Gasteiger partial charge in [-0.15, -0.1) is 0 Å². The first-order valence-corrected chi connectivity index (χ1v) is 6.66. The molecule has 0 spiro atoms. The van der Waals surface area contributed by atoms with E-state index >= 15 is 0 Å². The van der Waals surface area contributed by atoms with E-state index in [-0.39, 0.29) is 5.54 Å². The first-order chi connectivity index (χ1) is 7.81. The number of benzene rings is 1. The van der Waals surface area contributed by atoms with Gasteiger partial charge in [0.15, 0.2) is 0 Å². The highest BCUT2D eigenvalue weighted by atomic mass is 14.7. The third-order valence-electron chi connectivity index (χ3n) is 3.84. The van der Waals surface area contributed by atoms with E-state index in [2.05, 4.69) is 30.3 Å². The summed E-state index contributed by atoms with van der Waals surface area (Å²) in [5.41, 5.74) is 7.89. The molecular formula is C15H23N. The zero-order chi connectivity index (χ0) is 11.3. The van der Waals surface area contributed by atoms with Gasteiger partial charge in [0.05, 0.1) is 0 Å². The summed E-state index contributed by atoms with van der Waals surface area (Å²) < 4.78 is 0. The third-order valence-corrected chi connectivity index (χ3v) is 3.84. The SMILES string of the molecule is NC1(c2ccccc2)CCCCCCCC1. The van der Waals surface area contributed by atoms with Crippen molar-refractivity contribution in [2.75, 3.05) is 0 Å². The Balaban J connectivity index is 2.13. The Morgan fingerprint density at radius 1 is 0.750 bits per heavy atom. The molecule has 1 aromatic rings. The highest BCUT2D eigenvalue weighted by Crippen LogP contribution is 2.32. The van der Waals surface area contributed by atoms with Crippen molar-refractivity contribution in [2.24, 2.45) is 5.73 Å². The van der Waals surface area contributed by atoms with Crippen molar-refractivity contribution in [1.29, 1.82) is 0 Å². The van der Waals surface area contributed by atoms with Crippen molar-refractivity contribution >= 4 is 0 Å². The minimum absolute atomic E-state index is 0.0639. The fourth-order valence-corrected chi connectivity index (χ4v) is 2.77. The molecule has 0 saturated heterocycles. The van der Waals surface area contributed by atoms with Crippen LogP contribution in [0.1, 0.15) is 56.9 Å². The molecule has 0 bridgehead atoms. The van der Waals surface area contributed by atoms with Gasteiger partial charge >= 0.3 is 0 Å². The van der Waals surface area contributed by atoms with Crippen molar-refractivity contribution in [3.8, 4) is 0 Å². The van der Waals surface area contributed by atoms with Crippen molar-refractivity contribution in [1.82, 2.24) is 0 Å². The molecule has 1 fully saturated rings. The van der Waals surface area contributed by atoms with Crippen LogP contribution in [0.4, 0.5) is 0 Å². The number of hydrogen-bond donors (Lipinski definition) is 1. The monoisotopic (exact) mass is 217 g/mol. The van der Waals surface area contributed by atoms with Crippen LogP contribution >= 0.6 is 0 Å². The van der Waals surface area contributed by atoms with Gasteiger partial charge in [-0.3, -0.25) is 0 Å². The summed E-state index contributed by atoms with van der Waals surface area (Å²) in [5.74, 6) is 0. The van der Waals surface area contributed by atoms with Crippen LogP contribution in [0.25, 0.3) is 0 Å². The molecule has 16 heavy (non-hydrogen) atoms. The van der Waals surface area contributed by atoms with Gasteiger partial charge in [-0.25, -0.2) is 0 Å². The van der Waals surface area contributed by atoms with E-state index in [1.807, 2.05) is 0 Å². The maximum atomic E-state index is 6.62. The van der Waals surface area contributed by atoms with Crippen molar-refractivity contribution in [3.05, 3.63) is 35.9 Å². The molecule has 0 aliphatic heterocycles. The van der Waals surface area contributed by atoms with Crippen LogP contribution in [0.5, 0.6) is 0 Å². The first kappa shape index (κ1) is 11.7. The quantitative estimate of drug-likeness (QED) is 0.756. The molecule has 2 rings (SSSR count). The van der Waals surface area contributed by atoms with E-state index in [9.17, 15) is 0 Å².